The van der Waals surface area contributed by atoms with Gasteiger partial charge >= 0.3 is 0 Å². The van der Waals surface area contributed by atoms with E-state index in [0.29, 0.717) is 0 Å². The van der Waals surface area contributed by atoms with Gasteiger partial charge in [0.1, 0.15) is 0 Å². The molecule has 0 aromatic rings. The zero-order chi connectivity index (χ0) is 39.2. The van der Waals surface area contributed by atoms with E-state index < -0.39 is 0 Å². The van der Waals surface area contributed by atoms with Crippen molar-refractivity contribution in [2.24, 2.45) is 29.6 Å². The van der Waals surface area contributed by atoms with Gasteiger partial charge < -0.3 is 0 Å². The number of hydrogen-bond acceptors (Lipinski definition) is 0. The first kappa shape index (κ1) is 52.2. The first-order chi connectivity index (χ1) is 25.8. The Kier molecular flexibility index (Phi) is 38.9. The molecule has 0 aliphatic rings. The summed E-state index contributed by atoms with van der Waals surface area (Å²) in [5.74, 6) is 4.57. The van der Waals surface area contributed by atoms with Crippen LogP contribution in [0.1, 0.15) is 273 Å². The molecule has 0 radical (unpaired) electrons. The van der Waals surface area contributed by atoms with Gasteiger partial charge in [0.15, 0.2) is 0 Å². The highest BCUT2D eigenvalue weighted by molar-refractivity contribution is 4.97. The molecular weight excluding hydrogens is 637 g/mol. The molecule has 3 unspecified atom stereocenters. The molecule has 0 saturated carbocycles. The van der Waals surface area contributed by atoms with Gasteiger partial charge in [-0.2, -0.15) is 0 Å². The molecule has 0 bridgehead atoms. The summed E-state index contributed by atoms with van der Waals surface area (Å²) in [6, 6.07) is 0. The zero-order valence-corrected chi connectivity index (χ0v) is 38.2. The summed E-state index contributed by atoms with van der Waals surface area (Å²) in [5.41, 5.74) is 3.00. The molecule has 3 atom stereocenters. The third kappa shape index (κ3) is 35.4. The second kappa shape index (κ2) is 39.5. The number of rotatable bonds is 42. The molecule has 0 rings (SSSR count). The number of hydrogen-bond donors (Lipinski definition) is 0. The average Bonchev–Trinajstić information content (AvgIpc) is 3.15. The molecular formula is C53H102. The molecule has 0 N–H and O–H groups in total. The van der Waals surface area contributed by atoms with Crippen LogP contribution in [0.5, 0.6) is 0 Å². The van der Waals surface area contributed by atoms with E-state index in [-0.39, 0.29) is 0 Å². The summed E-state index contributed by atoms with van der Waals surface area (Å²) in [4.78, 5) is 0. The van der Waals surface area contributed by atoms with Crippen LogP contribution in [0.25, 0.3) is 0 Å². The van der Waals surface area contributed by atoms with E-state index in [0.717, 1.165) is 29.6 Å². The highest BCUT2D eigenvalue weighted by Gasteiger charge is 2.17. The Morgan fingerprint density at radius 3 is 1.36 bits per heavy atom. The highest BCUT2D eigenvalue weighted by atomic mass is 14.2. The second-order valence-corrected chi connectivity index (χ2v) is 18.5. The summed E-state index contributed by atoms with van der Waals surface area (Å²) in [7, 11) is 0. The molecule has 314 valence electrons. The lowest BCUT2D eigenvalue weighted by Gasteiger charge is -2.25. The van der Waals surface area contributed by atoms with Gasteiger partial charge in [0.25, 0.3) is 0 Å². The summed E-state index contributed by atoms with van der Waals surface area (Å²) >= 11 is 0. The van der Waals surface area contributed by atoms with Crippen LogP contribution in [0.4, 0.5) is 0 Å². The predicted molar refractivity (Wildman–Crippen MR) is 246 cm³/mol. The molecule has 0 aromatic carbocycles. The average molecular weight is 739 g/mol. The molecule has 0 saturated heterocycles. The van der Waals surface area contributed by atoms with E-state index in [4.69, 9.17) is 0 Å². The minimum atomic E-state index is 0.853. The summed E-state index contributed by atoms with van der Waals surface area (Å²) < 4.78 is 0. The maximum atomic E-state index is 4.49. The van der Waals surface area contributed by atoms with Gasteiger partial charge in [0.2, 0.25) is 0 Å². The minimum absolute atomic E-state index is 0.853. The molecule has 0 aliphatic heterocycles. The van der Waals surface area contributed by atoms with Crippen molar-refractivity contribution < 1.29 is 0 Å². The Labute approximate surface area is 338 Å². The molecule has 0 heteroatoms. The Balaban J connectivity index is 3.81. The molecule has 0 nitrogen and oxygen atoms in total. The number of allylic oxidation sites excluding steroid dienone is 4. The van der Waals surface area contributed by atoms with Gasteiger partial charge in [-0.15, -0.1) is 0 Å². The Morgan fingerprint density at radius 2 is 0.849 bits per heavy atom. The van der Waals surface area contributed by atoms with Crippen molar-refractivity contribution >= 4 is 0 Å². The van der Waals surface area contributed by atoms with E-state index >= 15 is 0 Å². The van der Waals surface area contributed by atoms with Crippen LogP contribution in [0, 0.1) is 29.6 Å². The van der Waals surface area contributed by atoms with Crippen molar-refractivity contribution in [3.63, 3.8) is 0 Å². The summed E-state index contributed by atoms with van der Waals surface area (Å²) in [5, 5.41) is 0. The lowest BCUT2D eigenvalue weighted by Crippen LogP contribution is -2.12. The van der Waals surface area contributed by atoms with Crippen molar-refractivity contribution in [2.75, 3.05) is 0 Å². The first-order valence-electron chi connectivity index (χ1n) is 24.8. The van der Waals surface area contributed by atoms with E-state index in [9.17, 15) is 0 Å². The van der Waals surface area contributed by atoms with Crippen molar-refractivity contribution in [3.8, 4) is 0 Å². The van der Waals surface area contributed by atoms with Gasteiger partial charge in [-0.3, -0.25) is 0 Å². The third-order valence-corrected chi connectivity index (χ3v) is 13.0. The smallest absolute Gasteiger partial charge is 0.0288 e. The third-order valence-electron chi connectivity index (χ3n) is 13.0. The molecule has 0 amide bonds. The molecule has 0 fully saturated rings. The van der Waals surface area contributed by atoms with E-state index in [1.807, 2.05) is 0 Å². The standard InChI is InChI=1S/C53H102/c1-10-15-25-39-52(40-26-16-11-2)41-33-24-32-37-48(7)36-30-21-18-20-28-34-47(6)35-29-22-19-23-31-38-49(8)43-44-50(9)45-53(42-27-17-12-3)46-51(13-4)14-5/h24,33,47,50-53H,7-8,10-23,25-32,34-46H2,1-6,9H3/b33-24-. The number of unbranched alkanes of at least 4 members (excludes halogenated alkanes) is 14. The van der Waals surface area contributed by atoms with Crippen molar-refractivity contribution in [3.05, 3.63) is 36.5 Å². The van der Waals surface area contributed by atoms with Crippen LogP contribution in [0.15, 0.2) is 36.5 Å². The quantitative estimate of drug-likeness (QED) is 0.0432. The van der Waals surface area contributed by atoms with Crippen molar-refractivity contribution in [2.45, 2.75) is 273 Å². The van der Waals surface area contributed by atoms with E-state index in [1.54, 1.807) is 0 Å². The molecule has 0 spiro atoms. The van der Waals surface area contributed by atoms with Crippen LogP contribution < -0.4 is 0 Å². The maximum absolute atomic E-state index is 4.49. The fraction of sp³-hybridized carbons (Fsp3) is 0.887. The fourth-order valence-corrected chi connectivity index (χ4v) is 8.88. The van der Waals surface area contributed by atoms with Crippen LogP contribution in [-0.2, 0) is 0 Å². The predicted octanol–water partition coefficient (Wildman–Crippen LogP) is 19.5. The normalized spacial score (nSPS) is 13.8. The van der Waals surface area contributed by atoms with E-state index in [2.05, 4.69) is 73.8 Å². The monoisotopic (exact) mass is 739 g/mol. The van der Waals surface area contributed by atoms with Gasteiger partial charge in [-0.05, 0) is 100 Å². The fourth-order valence-electron chi connectivity index (χ4n) is 8.88. The minimum Gasteiger partial charge on any atom is -0.0999 e. The van der Waals surface area contributed by atoms with Gasteiger partial charge in [-0.25, -0.2) is 0 Å². The Hall–Kier alpha value is -0.780. The van der Waals surface area contributed by atoms with Gasteiger partial charge in [0.05, 0.1) is 0 Å². The van der Waals surface area contributed by atoms with Crippen molar-refractivity contribution in [1.29, 1.82) is 0 Å². The van der Waals surface area contributed by atoms with Gasteiger partial charge in [-0.1, -0.05) is 239 Å². The van der Waals surface area contributed by atoms with Gasteiger partial charge in [0, 0.05) is 0 Å². The summed E-state index contributed by atoms with van der Waals surface area (Å²) in [6.45, 7) is 25.7. The van der Waals surface area contributed by atoms with Crippen LogP contribution in [-0.4, -0.2) is 0 Å². The Morgan fingerprint density at radius 1 is 0.396 bits per heavy atom. The zero-order valence-electron chi connectivity index (χ0n) is 38.2. The second-order valence-electron chi connectivity index (χ2n) is 18.5. The highest BCUT2D eigenvalue weighted by Crippen LogP contribution is 2.31. The summed E-state index contributed by atoms with van der Waals surface area (Å²) in [6.07, 6.45) is 53.2. The van der Waals surface area contributed by atoms with Crippen LogP contribution in [0.3, 0.4) is 0 Å². The maximum Gasteiger partial charge on any atom is -0.0288 e. The Bertz CT molecular complexity index is 787. The lowest BCUT2D eigenvalue weighted by molar-refractivity contribution is 0.275. The van der Waals surface area contributed by atoms with E-state index in [1.165, 1.54) is 236 Å². The first-order valence-corrected chi connectivity index (χ1v) is 24.8. The topological polar surface area (TPSA) is 0 Å². The van der Waals surface area contributed by atoms with Crippen molar-refractivity contribution in [1.82, 2.24) is 0 Å². The van der Waals surface area contributed by atoms with Crippen LogP contribution in [0.2, 0.25) is 0 Å². The molecule has 0 aromatic heterocycles. The lowest BCUT2D eigenvalue weighted by atomic mass is 9.81. The molecule has 53 heavy (non-hydrogen) atoms. The largest absolute Gasteiger partial charge is 0.0999 e. The SMILES string of the molecule is C=C(CC/C=C\CC(CCCCC)CCCCC)CCCCCCCC(C)CCCCCCCC(=C)CCC(C)CC(CCCCC)CC(CC)CC. The van der Waals surface area contributed by atoms with Crippen LogP contribution >= 0.6 is 0 Å². The molecule has 0 aliphatic carbocycles. The molecule has 0 heterocycles.